The standard InChI is InChI=1S/C12H17BrFN/c1-9-4-5-12(14)6-11(9)8-15(3)7-10(2)13/h4-6,10H,7-8H2,1-3H3. The van der Waals surface area contributed by atoms with Crippen molar-refractivity contribution in [3.8, 4) is 0 Å². The van der Waals surface area contributed by atoms with Crippen molar-refractivity contribution in [3.63, 3.8) is 0 Å². The molecule has 0 aliphatic carbocycles. The lowest BCUT2D eigenvalue weighted by Gasteiger charge is -2.19. The molecule has 0 aromatic heterocycles. The van der Waals surface area contributed by atoms with Crippen LogP contribution in [0.3, 0.4) is 0 Å². The maximum atomic E-state index is 13.0. The van der Waals surface area contributed by atoms with Crippen LogP contribution in [0.5, 0.6) is 0 Å². The van der Waals surface area contributed by atoms with Crippen LogP contribution in [-0.4, -0.2) is 23.3 Å². The Morgan fingerprint density at radius 1 is 1.47 bits per heavy atom. The quantitative estimate of drug-likeness (QED) is 0.761. The van der Waals surface area contributed by atoms with E-state index < -0.39 is 0 Å². The van der Waals surface area contributed by atoms with Gasteiger partial charge in [0.05, 0.1) is 0 Å². The van der Waals surface area contributed by atoms with Crippen molar-refractivity contribution in [1.82, 2.24) is 4.90 Å². The van der Waals surface area contributed by atoms with Gasteiger partial charge in [0.1, 0.15) is 5.82 Å². The zero-order chi connectivity index (χ0) is 11.4. The fraction of sp³-hybridized carbons (Fsp3) is 0.500. The molecule has 1 unspecified atom stereocenters. The number of benzene rings is 1. The molecule has 0 aliphatic heterocycles. The van der Waals surface area contributed by atoms with Crippen molar-refractivity contribution in [1.29, 1.82) is 0 Å². The summed E-state index contributed by atoms with van der Waals surface area (Å²) in [5.74, 6) is -0.157. The smallest absolute Gasteiger partial charge is 0.123 e. The van der Waals surface area contributed by atoms with E-state index in [4.69, 9.17) is 0 Å². The molecule has 1 aromatic carbocycles. The fourth-order valence-electron chi connectivity index (χ4n) is 1.60. The molecular formula is C12H17BrFN. The number of rotatable bonds is 4. The molecule has 0 saturated heterocycles. The van der Waals surface area contributed by atoms with Crippen LogP contribution in [0.15, 0.2) is 18.2 Å². The first kappa shape index (κ1) is 12.7. The summed E-state index contributed by atoms with van der Waals surface area (Å²) in [5.41, 5.74) is 2.20. The van der Waals surface area contributed by atoms with E-state index in [-0.39, 0.29) is 5.82 Å². The highest BCUT2D eigenvalue weighted by Crippen LogP contribution is 2.13. The average Bonchev–Trinajstić information content (AvgIpc) is 2.10. The Balaban J connectivity index is 2.67. The first-order valence-electron chi connectivity index (χ1n) is 5.06. The third-order valence-electron chi connectivity index (χ3n) is 2.31. The zero-order valence-electron chi connectivity index (χ0n) is 9.43. The SMILES string of the molecule is Cc1ccc(F)cc1CN(C)CC(C)Br. The van der Waals surface area contributed by atoms with Crippen molar-refractivity contribution in [2.45, 2.75) is 25.2 Å². The fourth-order valence-corrected chi connectivity index (χ4v) is 2.09. The third kappa shape index (κ3) is 4.31. The molecule has 1 rings (SSSR count). The Hall–Kier alpha value is -0.410. The maximum absolute atomic E-state index is 13.0. The lowest BCUT2D eigenvalue weighted by molar-refractivity contribution is 0.331. The van der Waals surface area contributed by atoms with E-state index >= 15 is 0 Å². The van der Waals surface area contributed by atoms with Crippen molar-refractivity contribution in [3.05, 3.63) is 35.1 Å². The number of nitrogens with zero attached hydrogens (tertiary/aromatic N) is 1. The Labute approximate surface area is 99.4 Å². The van der Waals surface area contributed by atoms with Gasteiger partial charge in [0.2, 0.25) is 0 Å². The molecule has 0 amide bonds. The highest BCUT2D eigenvalue weighted by Gasteiger charge is 2.06. The van der Waals surface area contributed by atoms with Gasteiger partial charge in [-0.25, -0.2) is 4.39 Å². The minimum atomic E-state index is -0.157. The van der Waals surface area contributed by atoms with E-state index in [1.165, 1.54) is 6.07 Å². The second-order valence-corrected chi connectivity index (χ2v) is 5.61. The molecule has 0 spiro atoms. The van der Waals surface area contributed by atoms with Crippen LogP contribution in [0.1, 0.15) is 18.1 Å². The Bertz CT molecular complexity index is 325. The first-order valence-corrected chi connectivity index (χ1v) is 5.98. The number of alkyl halides is 1. The second kappa shape index (κ2) is 5.61. The summed E-state index contributed by atoms with van der Waals surface area (Å²) in [6.07, 6.45) is 0. The number of hydrogen-bond acceptors (Lipinski definition) is 1. The van der Waals surface area contributed by atoms with Crippen LogP contribution in [0.25, 0.3) is 0 Å². The number of halogens is 2. The van der Waals surface area contributed by atoms with Crippen LogP contribution < -0.4 is 0 Å². The van der Waals surface area contributed by atoms with E-state index in [0.717, 1.165) is 24.2 Å². The van der Waals surface area contributed by atoms with Crippen molar-refractivity contribution < 1.29 is 4.39 Å². The Morgan fingerprint density at radius 2 is 2.13 bits per heavy atom. The van der Waals surface area contributed by atoms with Gasteiger partial charge in [-0.15, -0.1) is 0 Å². The lowest BCUT2D eigenvalue weighted by Crippen LogP contribution is -2.24. The van der Waals surface area contributed by atoms with Gasteiger partial charge in [0, 0.05) is 17.9 Å². The molecule has 0 radical (unpaired) electrons. The van der Waals surface area contributed by atoms with Gasteiger partial charge in [-0.1, -0.05) is 28.9 Å². The van der Waals surface area contributed by atoms with E-state index in [9.17, 15) is 4.39 Å². The van der Waals surface area contributed by atoms with Crippen LogP contribution >= 0.6 is 15.9 Å². The molecule has 0 fully saturated rings. The van der Waals surface area contributed by atoms with Crippen molar-refractivity contribution in [2.24, 2.45) is 0 Å². The molecule has 15 heavy (non-hydrogen) atoms. The predicted molar refractivity (Wildman–Crippen MR) is 65.9 cm³/mol. The summed E-state index contributed by atoms with van der Waals surface area (Å²) in [6.45, 7) is 5.87. The van der Waals surface area contributed by atoms with Crippen molar-refractivity contribution in [2.75, 3.05) is 13.6 Å². The van der Waals surface area contributed by atoms with Crippen molar-refractivity contribution >= 4 is 15.9 Å². The first-order chi connectivity index (χ1) is 6.99. The van der Waals surface area contributed by atoms with Crippen LogP contribution in [-0.2, 0) is 6.54 Å². The van der Waals surface area contributed by atoms with Gasteiger partial charge in [-0.3, -0.25) is 0 Å². The Kier molecular flexibility index (Phi) is 4.74. The molecule has 0 bridgehead atoms. The van der Waals surface area contributed by atoms with Crippen LogP contribution in [0.2, 0.25) is 0 Å². The Morgan fingerprint density at radius 3 is 2.73 bits per heavy atom. The highest BCUT2D eigenvalue weighted by atomic mass is 79.9. The zero-order valence-corrected chi connectivity index (χ0v) is 11.0. The van der Waals surface area contributed by atoms with Gasteiger partial charge < -0.3 is 4.90 Å². The average molecular weight is 274 g/mol. The third-order valence-corrected chi connectivity index (χ3v) is 2.60. The van der Waals surface area contributed by atoms with Gasteiger partial charge in [-0.2, -0.15) is 0 Å². The largest absolute Gasteiger partial charge is 0.301 e. The predicted octanol–water partition coefficient (Wildman–Crippen LogP) is 3.35. The molecule has 3 heteroatoms. The molecule has 0 aliphatic rings. The molecule has 1 atom stereocenters. The van der Waals surface area contributed by atoms with Gasteiger partial charge in [0.15, 0.2) is 0 Å². The lowest BCUT2D eigenvalue weighted by atomic mass is 10.1. The van der Waals surface area contributed by atoms with Crippen LogP contribution in [0.4, 0.5) is 4.39 Å². The monoisotopic (exact) mass is 273 g/mol. The van der Waals surface area contributed by atoms with Gasteiger partial charge >= 0.3 is 0 Å². The summed E-state index contributed by atoms with van der Waals surface area (Å²) in [7, 11) is 2.04. The number of hydrogen-bond donors (Lipinski definition) is 0. The van der Waals surface area contributed by atoms with Crippen LogP contribution in [0, 0.1) is 12.7 Å². The summed E-state index contributed by atoms with van der Waals surface area (Å²) in [6, 6.07) is 4.95. The molecule has 1 nitrogen and oxygen atoms in total. The number of aryl methyl sites for hydroxylation is 1. The second-order valence-electron chi connectivity index (χ2n) is 4.05. The van der Waals surface area contributed by atoms with Gasteiger partial charge in [0.25, 0.3) is 0 Å². The minimum Gasteiger partial charge on any atom is -0.301 e. The van der Waals surface area contributed by atoms with E-state index in [1.807, 2.05) is 20.0 Å². The summed E-state index contributed by atoms with van der Waals surface area (Å²) < 4.78 is 13.0. The van der Waals surface area contributed by atoms with Gasteiger partial charge in [-0.05, 0) is 37.2 Å². The summed E-state index contributed by atoms with van der Waals surface area (Å²) >= 11 is 3.51. The molecule has 84 valence electrons. The van der Waals surface area contributed by atoms with E-state index in [0.29, 0.717) is 4.83 Å². The minimum absolute atomic E-state index is 0.157. The molecular weight excluding hydrogens is 257 g/mol. The summed E-state index contributed by atoms with van der Waals surface area (Å²) in [4.78, 5) is 2.64. The molecule has 1 aromatic rings. The molecule has 0 N–H and O–H groups in total. The molecule has 0 saturated carbocycles. The normalized spacial score (nSPS) is 13.2. The maximum Gasteiger partial charge on any atom is 0.123 e. The van der Waals surface area contributed by atoms with E-state index in [1.54, 1.807) is 6.07 Å². The topological polar surface area (TPSA) is 3.24 Å². The molecule has 0 heterocycles. The van der Waals surface area contributed by atoms with E-state index in [2.05, 4.69) is 27.8 Å². The highest BCUT2D eigenvalue weighted by molar-refractivity contribution is 9.09. The summed E-state index contributed by atoms with van der Waals surface area (Å²) in [5, 5.41) is 0.